The molecule has 7 nitrogen and oxygen atoms in total. The summed E-state index contributed by atoms with van der Waals surface area (Å²) in [6.45, 7) is 7.17. The molecule has 7 heteroatoms. The lowest BCUT2D eigenvalue weighted by atomic mass is 10.1. The van der Waals surface area contributed by atoms with Crippen molar-refractivity contribution in [1.82, 2.24) is 4.90 Å². The predicted molar refractivity (Wildman–Crippen MR) is 119 cm³/mol. The molecule has 0 radical (unpaired) electrons. The average Bonchev–Trinajstić information content (AvgIpc) is 3.02. The maximum absolute atomic E-state index is 13.3. The average molecular weight is 421 g/mol. The largest absolute Gasteiger partial charge is 0.326 e. The van der Waals surface area contributed by atoms with Gasteiger partial charge in [0.1, 0.15) is 6.04 Å². The van der Waals surface area contributed by atoms with E-state index in [4.69, 9.17) is 0 Å². The molecule has 1 heterocycles. The Kier molecular flexibility index (Phi) is 6.53. The molecular weight excluding hydrogens is 394 g/mol. The van der Waals surface area contributed by atoms with Crippen LogP contribution in [0.2, 0.25) is 0 Å². The van der Waals surface area contributed by atoms with Crippen LogP contribution in [0, 0.1) is 6.92 Å². The van der Waals surface area contributed by atoms with E-state index in [1.54, 1.807) is 36.4 Å². The second-order valence-electron chi connectivity index (χ2n) is 7.85. The fourth-order valence-electron chi connectivity index (χ4n) is 3.69. The van der Waals surface area contributed by atoms with E-state index in [0.29, 0.717) is 23.4 Å². The number of imide groups is 1. The van der Waals surface area contributed by atoms with E-state index in [0.717, 1.165) is 10.5 Å². The molecule has 1 fully saturated rings. The minimum Gasteiger partial charge on any atom is -0.326 e. The van der Waals surface area contributed by atoms with Crippen LogP contribution in [0.4, 0.5) is 11.4 Å². The maximum atomic E-state index is 13.3. The van der Waals surface area contributed by atoms with Crippen LogP contribution in [0.1, 0.15) is 49.5 Å². The lowest BCUT2D eigenvalue weighted by Crippen LogP contribution is -2.49. The molecule has 1 aliphatic heterocycles. The van der Waals surface area contributed by atoms with Crippen LogP contribution in [-0.4, -0.2) is 40.6 Å². The molecule has 1 aliphatic rings. The maximum Gasteiger partial charge on any atom is 0.257 e. The van der Waals surface area contributed by atoms with Gasteiger partial charge in [-0.3, -0.25) is 19.2 Å². The van der Waals surface area contributed by atoms with Gasteiger partial charge in [0, 0.05) is 24.2 Å². The molecule has 4 amide bonds. The number of hydrogen-bond acceptors (Lipinski definition) is 4. The number of benzene rings is 2. The van der Waals surface area contributed by atoms with E-state index >= 15 is 0 Å². The first-order chi connectivity index (χ1) is 14.7. The molecule has 2 unspecified atom stereocenters. The minimum atomic E-state index is -0.855. The van der Waals surface area contributed by atoms with Gasteiger partial charge in [-0.05, 0) is 56.7 Å². The number of nitrogens with zero attached hydrogens (tertiary/aromatic N) is 2. The Morgan fingerprint density at radius 1 is 1.10 bits per heavy atom. The third kappa shape index (κ3) is 4.66. The second kappa shape index (κ2) is 9.12. The van der Waals surface area contributed by atoms with Gasteiger partial charge in [0.2, 0.25) is 11.8 Å². The van der Waals surface area contributed by atoms with Crippen molar-refractivity contribution in [3.8, 4) is 0 Å². The highest BCUT2D eigenvalue weighted by Gasteiger charge is 2.45. The number of amides is 4. The Hall–Kier alpha value is -3.48. The lowest BCUT2D eigenvalue weighted by Gasteiger charge is -2.33. The molecule has 2 aromatic rings. The summed E-state index contributed by atoms with van der Waals surface area (Å²) in [7, 11) is 0. The topological polar surface area (TPSA) is 86.8 Å². The van der Waals surface area contributed by atoms with Gasteiger partial charge in [-0.25, -0.2) is 4.90 Å². The quantitative estimate of drug-likeness (QED) is 0.723. The summed E-state index contributed by atoms with van der Waals surface area (Å²) in [6, 6.07) is 12.6. The first-order valence-electron chi connectivity index (χ1n) is 10.4. The summed E-state index contributed by atoms with van der Waals surface area (Å²) in [6.07, 6.45) is 0.592. The van der Waals surface area contributed by atoms with Gasteiger partial charge in [-0.1, -0.05) is 24.6 Å². The second-order valence-corrected chi connectivity index (χ2v) is 7.85. The Morgan fingerprint density at radius 3 is 2.26 bits per heavy atom. The molecule has 1 saturated heterocycles. The van der Waals surface area contributed by atoms with Crippen LogP contribution < -0.4 is 10.2 Å². The smallest absolute Gasteiger partial charge is 0.257 e. The van der Waals surface area contributed by atoms with Gasteiger partial charge < -0.3 is 10.2 Å². The van der Waals surface area contributed by atoms with E-state index in [9.17, 15) is 19.2 Å². The van der Waals surface area contributed by atoms with E-state index in [-0.39, 0.29) is 30.2 Å². The zero-order valence-corrected chi connectivity index (χ0v) is 18.2. The number of rotatable bonds is 6. The fraction of sp³-hybridized carbons (Fsp3) is 0.333. The van der Waals surface area contributed by atoms with Crippen LogP contribution in [0.5, 0.6) is 0 Å². The summed E-state index contributed by atoms with van der Waals surface area (Å²) in [5.74, 6) is -1.24. The minimum absolute atomic E-state index is 0.0613. The molecule has 2 aromatic carbocycles. The molecule has 0 aliphatic carbocycles. The summed E-state index contributed by atoms with van der Waals surface area (Å²) in [5, 5.41) is 2.65. The predicted octanol–water partition coefficient (Wildman–Crippen LogP) is 3.53. The number of aryl methyl sites for hydroxylation is 1. The van der Waals surface area contributed by atoms with Crippen molar-refractivity contribution in [2.45, 2.75) is 52.6 Å². The van der Waals surface area contributed by atoms with Crippen LogP contribution in [-0.2, 0) is 14.4 Å². The van der Waals surface area contributed by atoms with Crippen molar-refractivity contribution in [3.05, 3.63) is 59.7 Å². The Labute approximate surface area is 182 Å². The summed E-state index contributed by atoms with van der Waals surface area (Å²) in [5.41, 5.74) is 2.51. The van der Waals surface area contributed by atoms with Crippen LogP contribution >= 0.6 is 0 Å². The highest BCUT2D eigenvalue weighted by molar-refractivity contribution is 6.23. The number of anilines is 2. The van der Waals surface area contributed by atoms with Crippen LogP contribution in [0.25, 0.3) is 0 Å². The zero-order valence-electron chi connectivity index (χ0n) is 18.2. The van der Waals surface area contributed by atoms with Crippen molar-refractivity contribution >= 4 is 35.0 Å². The monoisotopic (exact) mass is 421 g/mol. The van der Waals surface area contributed by atoms with Crippen molar-refractivity contribution in [1.29, 1.82) is 0 Å². The van der Waals surface area contributed by atoms with E-state index in [2.05, 4.69) is 5.32 Å². The molecule has 0 aromatic heterocycles. The number of carbonyl (C=O) groups is 4. The first-order valence-corrected chi connectivity index (χ1v) is 10.4. The lowest BCUT2D eigenvalue weighted by molar-refractivity contribution is -0.123. The van der Waals surface area contributed by atoms with Gasteiger partial charge in [-0.15, -0.1) is 0 Å². The van der Waals surface area contributed by atoms with Gasteiger partial charge in [0.25, 0.3) is 11.8 Å². The fourth-order valence-corrected chi connectivity index (χ4v) is 3.69. The third-order valence-electron chi connectivity index (χ3n) is 5.50. The molecule has 162 valence electrons. The molecule has 0 saturated carbocycles. The highest BCUT2D eigenvalue weighted by Crippen LogP contribution is 2.29. The van der Waals surface area contributed by atoms with Crippen LogP contribution in [0.3, 0.4) is 0 Å². The Morgan fingerprint density at radius 2 is 1.71 bits per heavy atom. The Bertz CT molecular complexity index is 998. The number of nitrogens with one attached hydrogen (secondary N) is 1. The zero-order chi connectivity index (χ0) is 22.7. The standard InChI is InChI=1S/C24H27N3O4/c1-5-16(3)26(23(30)18-8-6-15(2)7-9-18)21-14-22(29)27(24(21)31)20-12-10-19(11-13-20)25-17(4)28/h6-13,16,21H,5,14H2,1-4H3,(H,25,28). The molecule has 0 spiro atoms. The molecule has 1 N–H and O–H groups in total. The Balaban J connectivity index is 1.89. The van der Waals surface area contributed by atoms with Gasteiger partial charge >= 0.3 is 0 Å². The third-order valence-corrected chi connectivity index (χ3v) is 5.50. The van der Waals surface area contributed by atoms with Gasteiger partial charge in [-0.2, -0.15) is 0 Å². The van der Waals surface area contributed by atoms with E-state index in [1.807, 2.05) is 32.9 Å². The van der Waals surface area contributed by atoms with Crippen molar-refractivity contribution in [2.75, 3.05) is 10.2 Å². The molecule has 3 rings (SSSR count). The normalized spacial score (nSPS) is 16.9. The summed E-state index contributed by atoms with van der Waals surface area (Å²) < 4.78 is 0. The number of hydrogen-bond donors (Lipinski definition) is 1. The molecule has 31 heavy (non-hydrogen) atoms. The van der Waals surface area contributed by atoms with Gasteiger partial charge in [0.05, 0.1) is 12.1 Å². The highest BCUT2D eigenvalue weighted by atomic mass is 16.2. The van der Waals surface area contributed by atoms with Crippen LogP contribution in [0.15, 0.2) is 48.5 Å². The van der Waals surface area contributed by atoms with E-state index < -0.39 is 11.9 Å². The number of carbonyl (C=O) groups excluding carboxylic acids is 4. The van der Waals surface area contributed by atoms with E-state index in [1.165, 1.54) is 11.8 Å². The molecular formula is C24H27N3O4. The van der Waals surface area contributed by atoms with Crippen molar-refractivity contribution < 1.29 is 19.2 Å². The summed E-state index contributed by atoms with van der Waals surface area (Å²) >= 11 is 0. The molecule has 0 bridgehead atoms. The van der Waals surface area contributed by atoms with Gasteiger partial charge in [0.15, 0.2) is 0 Å². The van der Waals surface area contributed by atoms with Crippen molar-refractivity contribution in [2.24, 2.45) is 0 Å². The summed E-state index contributed by atoms with van der Waals surface area (Å²) in [4.78, 5) is 53.2. The first kappa shape index (κ1) is 22.2. The van der Waals surface area contributed by atoms with Crippen molar-refractivity contribution in [3.63, 3.8) is 0 Å². The SMILES string of the molecule is CCC(C)N(C(=O)c1ccc(C)cc1)C1CC(=O)N(c2ccc(NC(C)=O)cc2)C1=O. The molecule has 2 atom stereocenters.